The SMILES string of the molecule is C[C@@H]1CN(c2cc(N3CCN(CC4=C(c5ccc(Cl)cc5)CC[C@H](C(F)(F)F)C4)CC3)ccc2C(=O)NS(=O)(=O)c2ccc(NCC3CCOCC3)c([N+](=O)[O-])c2)c2cc3cc[nH]c3nc2O1. The number of ether oxygens (including phenoxy) is 2. The van der Waals surface area contributed by atoms with E-state index in [0.29, 0.717) is 86.8 Å². The quantitative estimate of drug-likeness (QED) is 0.0801. The van der Waals surface area contributed by atoms with E-state index in [0.717, 1.165) is 46.7 Å². The molecule has 67 heavy (non-hydrogen) atoms. The summed E-state index contributed by atoms with van der Waals surface area (Å²) in [5, 5.41) is 16.6. The molecule has 3 aliphatic heterocycles. The molecule has 0 spiro atoms. The molecule has 0 bridgehead atoms. The number of sulfonamides is 1. The second-order valence-electron chi connectivity index (χ2n) is 17.6. The maximum atomic E-state index is 14.3. The number of aromatic amines is 1. The van der Waals surface area contributed by atoms with E-state index in [1.165, 1.54) is 12.1 Å². The summed E-state index contributed by atoms with van der Waals surface area (Å²) in [7, 11) is -4.64. The Labute approximate surface area is 390 Å². The van der Waals surface area contributed by atoms with Crippen LogP contribution in [-0.2, 0) is 14.8 Å². The summed E-state index contributed by atoms with van der Waals surface area (Å²) in [6, 6.07) is 19.6. The number of carbonyl (C=O) groups excluding carboxylic acids is 1. The van der Waals surface area contributed by atoms with Crippen LogP contribution in [0, 0.1) is 22.0 Å². The van der Waals surface area contributed by atoms with Gasteiger partial charge in [-0.25, -0.2) is 13.1 Å². The molecule has 2 fully saturated rings. The average Bonchev–Trinajstić information content (AvgIpc) is 3.77. The number of aromatic nitrogens is 2. The van der Waals surface area contributed by atoms with Crippen LogP contribution >= 0.6 is 11.6 Å². The van der Waals surface area contributed by atoms with E-state index in [4.69, 9.17) is 26.1 Å². The average molecular weight is 963 g/mol. The van der Waals surface area contributed by atoms with Crippen LogP contribution in [0.4, 0.5) is 41.6 Å². The second kappa shape index (κ2) is 19.0. The number of allylic oxidation sites excluding steroid dienone is 1. The zero-order chi connectivity index (χ0) is 47.0. The third-order valence-corrected chi connectivity index (χ3v) is 14.7. The van der Waals surface area contributed by atoms with Gasteiger partial charge in [-0.1, -0.05) is 29.3 Å². The van der Waals surface area contributed by atoms with Gasteiger partial charge in [-0.15, -0.1) is 0 Å². The number of piperazine rings is 1. The molecule has 2 atom stereocenters. The molecule has 0 radical (unpaired) electrons. The Hall–Kier alpha value is -5.89. The van der Waals surface area contributed by atoms with Gasteiger partial charge in [0, 0.05) is 80.8 Å². The Morgan fingerprint density at radius 2 is 1.75 bits per heavy atom. The van der Waals surface area contributed by atoms with Crippen LogP contribution in [0.1, 0.15) is 54.9 Å². The zero-order valence-electron chi connectivity index (χ0n) is 36.7. The van der Waals surface area contributed by atoms with Gasteiger partial charge in [0.05, 0.1) is 33.5 Å². The fourth-order valence-corrected chi connectivity index (χ4v) is 10.6. The summed E-state index contributed by atoms with van der Waals surface area (Å²) in [5.74, 6) is -1.81. The minimum Gasteiger partial charge on any atom is -0.471 e. The Bertz CT molecular complexity index is 2810. The number of nitrogens with zero attached hydrogens (tertiary/aromatic N) is 5. The van der Waals surface area contributed by atoms with Crippen LogP contribution in [0.5, 0.6) is 5.88 Å². The Morgan fingerprint density at radius 3 is 2.48 bits per heavy atom. The number of hydrogen-bond acceptors (Lipinski definition) is 12. The maximum absolute atomic E-state index is 14.3. The molecule has 9 rings (SSSR count). The van der Waals surface area contributed by atoms with E-state index in [-0.39, 0.29) is 36.6 Å². The van der Waals surface area contributed by atoms with Crippen LogP contribution in [0.15, 0.2) is 89.5 Å². The van der Waals surface area contributed by atoms with Gasteiger partial charge in [0.2, 0.25) is 5.88 Å². The van der Waals surface area contributed by atoms with E-state index in [9.17, 15) is 36.5 Å². The number of halogens is 4. The van der Waals surface area contributed by atoms with Gasteiger partial charge in [0.15, 0.2) is 0 Å². The lowest BCUT2D eigenvalue weighted by Gasteiger charge is -2.39. The number of nitro groups is 1. The molecule has 5 aromatic rings. The highest BCUT2D eigenvalue weighted by Crippen LogP contribution is 2.44. The summed E-state index contributed by atoms with van der Waals surface area (Å²) in [5.41, 5.74) is 4.57. The summed E-state index contributed by atoms with van der Waals surface area (Å²) < 4.78 is 83.7. The number of fused-ring (bicyclic) bond motifs is 2. The molecule has 1 amide bonds. The molecular formula is C47H50ClF3N8O7S. The van der Waals surface area contributed by atoms with Crippen LogP contribution in [0.3, 0.4) is 0 Å². The fourth-order valence-electron chi connectivity index (χ4n) is 9.49. The molecule has 0 saturated carbocycles. The molecule has 4 aliphatic rings. The number of hydrogen-bond donors (Lipinski definition) is 3. The molecule has 15 nitrogen and oxygen atoms in total. The molecule has 5 heterocycles. The van der Waals surface area contributed by atoms with Gasteiger partial charge in [0.1, 0.15) is 23.1 Å². The Morgan fingerprint density at radius 1 is 0.985 bits per heavy atom. The standard InChI is InChI=1S/C47H50ClF3N8O7S/c1-29-27-58(43-23-32-12-15-52-44(32)54-46(43)66-29)41-24-36(57-18-16-56(17-19-57)28-33-22-34(47(49,50)51)4-9-38(33)31-2-5-35(48)6-3-31)7-10-39(41)45(60)55-67(63,64)37-8-11-40(42(25-37)59(61)62)53-26-30-13-20-65-21-14-30/h2-3,5-8,10-12,15,23-25,29-30,34,53H,4,9,13-14,16-22,26-28H2,1H3,(H,52,54)(H,55,60)/t29-,34+/m1/s1. The predicted molar refractivity (Wildman–Crippen MR) is 250 cm³/mol. The van der Waals surface area contributed by atoms with Crippen LogP contribution in [0.25, 0.3) is 16.6 Å². The first-order valence-corrected chi connectivity index (χ1v) is 24.2. The summed E-state index contributed by atoms with van der Waals surface area (Å²) in [6.45, 7) is 6.30. The number of carbonyl (C=O) groups is 1. The van der Waals surface area contributed by atoms with Crippen LogP contribution in [-0.4, -0.2) is 105 Å². The van der Waals surface area contributed by atoms with Crippen molar-refractivity contribution in [1.29, 1.82) is 0 Å². The predicted octanol–water partition coefficient (Wildman–Crippen LogP) is 8.94. The van der Waals surface area contributed by atoms with Crippen molar-refractivity contribution < 1.29 is 40.8 Å². The van der Waals surface area contributed by atoms with Crippen molar-refractivity contribution in [3.8, 4) is 5.88 Å². The number of anilines is 4. The van der Waals surface area contributed by atoms with Gasteiger partial charge < -0.3 is 29.6 Å². The van der Waals surface area contributed by atoms with E-state index in [2.05, 4.69) is 24.8 Å². The number of alkyl halides is 3. The third kappa shape index (κ3) is 10.2. The molecule has 1 aliphatic carbocycles. The number of amides is 1. The van der Waals surface area contributed by atoms with Crippen molar-refractivity contribution in [2.45, 2.75) is 56.2 Å². The molecule has 20 heteroatoms. The molecule has 354 valence electrons. The minimum absolute atomic E-state index is 0.0163. The molecule has 0 unspecified atom stereocenters. The first-order valence-electron chi connectivity index (χ1n) is 22.3. The number of nitrogens with one attached hydrogen (secondary N) is 3. The molecule has 3 aromatic carbocycles. The number of H-pyrrole nitrogens is 1. The fraction of sp³-hybridized carbons (Fsp3) is 0.404. The first-order chi connectivity index (χ1) is 32.1. The van der Waals surface area contributed by atoms with Crippen molar-refractivity contribution >= 4 is 72.6 Å². The third-order valence-electron chi connectivity index (χ3n) is 13.1. The van der Waals surface area contributed by atoms with Crippen LogP contribution in [0.2, 0.25) is 5.02 Å². The summed E-state index contributed by atoms with van der Waals surface area (Å²) in [6.07, 6.45) is -1.07. The lowest BCUT2D eigenvalue weighted by molar-refractivity contribution is -0.384. The smallest absolute Gasteiger partial charge is 0.392 e. The monoisotopic (exact) mass is 962 g/mol. The summed E-state index contributed by atoms with van der Waals surface area (Å²) >= 11 is 6.15. The van der Waals surface area contributed by atoms with E-state index < -0.39 is 49.6 Å². The van der Waals surface area contributed by atoms with Gasteiger partial charge in [0.25, 0.3) is 21.6 Å². The lowest BCUT2D eigenvalue weighted by atomic mass is 9.80. The molecule has 3 N–H and O–H groups in total. The topological polar surface area (TPSA) is 175 Å². The van der Waals surface area contributed by atoms with Gasteiger partial charge in [-0.3, -0.25) is 19.8 Å². The highest BCUT2D eigenvalue weighted by molar-refractivity contribution is 7.90. The maximum Gasteiger partial charge on any atom is 0.392 e. The van der Waals surface area contributed by atoms with E-state index in [1.807, 2.05) is 42.2 Å². The number of pyridine rings is 1. The number of benzene rings is 3. The zero-order valence-corrected chi connectivity index (χ0v) is 38.2. The normalized spacial score (nSPS) is 19.8. The largest absolute Gasteiger partial charge is 0.471 e. The van der Waals surface area contributed by atoms with E-state index >= 15 is 0 Å². The van der Waals surface area contributed by atoms with Crippen LogP contribution < -0.4 is 24.6 Å². The van der Waals surface area contributed by atoms with Gasteiger partial charge in [-0.2, -0.15) is 18.2 Å². The van der Waals surface area contributed by atoms with Crippen molar-refractivity contribution in [3.63, 3.8) is 0 Å². The van der Waals surface area contributed by atoms with Gasteiger partial charge in [-0.05, 0) is 111 Å². The summed E-state index contributed by atoms with van der Waals surface area (Å²) in [4.78, 5) is 39.4. The highest BCUT2D eigenvalue weighted by Gasteiger charge is 2.42. The second-order valence-corrected chi connectivity index (χ2v) is 19.7. The van der Waals surface area contributed by atoms with Gasteiger partial charge >= 0.3 is 6.18 Å². The number of nitro benzene ring substituents is 1. The molecular weight excluding hydrogens is 913 g/mol. The minimum atomic E-state index is -4.64. The highest BCUT2D eigenvalue weighted by atomic mass is 35.5. The Balaban J connectivity index is 0.987. The lowest BCUT2D eigenvalue weighted by Crippen LogP contribution is -2.47. The van der Waals surface area contributed by atoms with Crippen molar-refractivity contribution in [2.75, 3.05) is 74.1 Å². The Kier molecular flexibility index (Phi) is 13.1. The van der Waals surface area contributed by atoms with E-state index in [1.54, 1.807) is 30.5 Å². The first kappa shape index (κ1) is 46.2. The van der Waals surface area contributed by atoms with Crippen molar-refractivity contribution in [3.05, 3.63) is 111 Å². The van der Waals surface area contributed by atoms with Crippen molar-refractivity contribution in [1.82, 2.24) is 19.6 Å². The molecule has 2 saturated heterocycles. The molecule has 2 aromatic heterocycles. The number of rotatable bonds is 12. The van der Waals surface area contributed by atoms with Crippen molar-refractivity contribution in [2.24, 2.45) is 11.8 Å².